The number of β-amino-alcohol motifs (C(OH)–C–C–N with tert-alkyl or cyclic N) is 1. The number of aromatic nitrogens is 2. The summed E-state index contributed by atoms with van der Waals surface area (Å²) in [7, 11) is 0. The van der Waals surface area contributed by atoms with E-state index in [0.717, 1.165) is 54.6 Å². The number of aryl methyl sites for hydroxylation is 2. The minimum atomic E-state index is -0.462. The van der Waals surface area contributed by atoms with Crippen molar-refractivity contribution < 1.29 is 9.84 Å². The molecule has 0 bridgehead atoms. The number of benzene rings is 1. The van der Waals surface area contributed by atoms with Crippen molar-refractivity contribution in [2.75, 3.05) is 32.8 Å². The molecular formula is C23H34N4O2. The lowest BCUT2D eigenvalue weighted by molar-refractivity contribution is 0.0614. The van der Waals surface area contributed by atoms with E-state index in [-0.39, 0.29) is 0 Å². The van der Waals surface area contributed by atoms with Crippen LogP contribution in [-0.2, 0) is 13.0 Å². The molecule has 1 atom stereocenters. The van der Waals surface area contributed by atoms with E-state index >= 15 is 0 Å². The molecule has 1 aromatic carbocycles. The lowest BCUT2D eigenvalue weighted by Gasteiger charge is -2.28. The largest absolute Gasteiger partial charge is 0.491 e. The van der Waals surface area contributed by atoms with Crippen LogP contribution in [0.5, 0.6) is 5.75 Å². The average molecular weight is 399 g/mol. The van der Waals surface area contributed by atoms with Crippen LogP contribution in [0.1, 0.15) is 42.0 Å². The van der Waals surface area contributed by atoms with Crippen molar-refractivity contribution in [2.24, 2.45) is 0 Å². The average Bonchev–Trinajstić information content (AvgIpc) is 2.70. The second-order valence-corrected chi connectivity index (χ2v) is 7.93. The number of aliphatic hydroxyl groups excluding tert-OH is 1. The number of nitrogens with zero attached hydrogens (tertiary/aromatic N) is 3. The molecule has 1 aliphatic rings. The topological polar surface area (TPSA) is 70.5 Å². The number of piperidine rings is 1. The molecule has 0 amide bonds. The number of hydrogen-bond acceptors (Lipinski definition) is 6. The molecule has 3 rings (SSSR count). The molecule has 0 aliphatic carbocycles. The number of likely N-dealkylation sites (tertiary alicyclic amines) is 1. The van der Waals surface area contributed by atoms with Gasteiger partial charge in [0.1, 0.15) is 24.3 Å². The third-order valence-electron chi connectivity index (χ3n) is 5.19. The molecule has 2 aromatic rings. The monoisotopic (exact) mass is 398 g/mol. The fraction of sp³-hybridized carbons (Fsp3) is 0.565. The van der Waals surface area contributed by atoms with Gasteiger partial charge in [-0.15, -0.1) is 0 Å². The van der Waals surface area contributed by atoms with Crippen molar-refractivity contribution in [3.63, 3.8) is 0 Å². The van der Waals surface area contributed by atoms with Gasteiger partial charge >= 0.3 is 0 Å². The molecule has 0 saturated carbocycles. The predicted octanol–water partition coefficient (Wildman–Crippen LogP) is 2.65. The predicted molar refractivity (Wildman–Crippen MR) is 115 cm³/mol. The number of para-hydroxylation sites is 1. The normalized spacial score (nSPS) is 16.0. The highest BCUT2D eigenvalue weighted by Crippen LogP contribution is 2.18. The summed E-state index contributed by atoms with van der Waals surface area (Å²) in [5.74, 6) is 1.71. The smallest absolute Gasteiger partial charge is 0.130 e. The van der Waals surface area contributed by atoms with Crippen LogP contribution in [0.3, 0.4) is 0 Å². The number of aliphatic hydroxyl groups is 1. The van der Waals surface area contributed by atoms with Crippen LogP contribution in [0.4, 0.5) is 0 Å². The molecule has 1 aromatic heterocycles. The molecule has 158 valence electrons. The van der Waals surface area contributed by atoms with Gasteiger partial charge in [0.25, 0.3) is 0 Å². The molecule has 0 radical (unpaired) electrons. The summed E-state index contributed by atoms with van der Waals surface area (Å²) in [4.78, 5) is 11.3. The van der Waals surface area contributed by atoms with Crippen molar-refractivity contribution in [3.8, 4) is 5.75 Å². The van der Waals surface area contributed by atoms with E-state index in [1.54, 1.807) is 0 Å². The van der Waals surface area contributed by atoms with Gasteiger partial charge in [0.2, 0.25) is 0 Å². The second kappa shape index (κ2) is 11.2. The zero-order chi connectivity index (χ0) is 20.5. The van der Waals surface area contributed by atoms with Crippen LogP contribution in [0.15, 0.2) is 30.3 Å². The van der Waals surface area contributed by atoms with Crippen LogP contribution in [0.2, 0.25) is 0 Å². The summed E-state index contributed by atoms with van der Waals surface area (Å²) in [6.07, 6.45) is 4.10. The van der Waals surface area contributed by atoms with Gasteiger partial charge in [-0.1, -0.05) is 24.6 Å². The first-order chi connectivity index (χ1) is 14.1. The summed E-state index contributed by atoms with van der Waals surface area (Å²) >= 11 is 0. The van der Waals surface area contributed by atoms with E-state index in [2.05, 4.69) is 26.3 Å². The summed E-state index contributed by atoms with van der Waals surface area (Å²) in [6, 6.07) is 10.0. The van der Waals surface area contributed by atoms with Crippen LogP contribution in [0.25, 0.3) is 0 Å². The van der Waals surface area contributed by atoms with Gasteiger partial charge in [0.05, 0.1) is 0 Å². The van der Waals surface area contributed by atoms with Gasteiger partial charge in [0, 0.05) is 43.0 Å². The lowest BCUT2D eigenvalue weighted by Crippen LogP contribution is -2.38. The number of nitrogens with one attached hydrogen (secondary N) is 1. The van der Waals surface area contributed by atoms with Crippen LogP contribution in [-0.4, -0.2) is 58.9 Å². The number of rotatable bonds is 10. The van der Waals surface area contributed by atoms with Gasteiger partial charge in [0.15, 0.2) is 0 Å². The zero-order valence-corrected chi connectivity index (χ0v) is 17.7. The van der Waals surface area contributed by atoms with E-state index < -0.39 is 6.10 Å². The Hall–Kier alpha value is -2.02. The van der Waals surface area contributed by atoms with E-state index in [1.807, 2.05) is 38.1 Å². The highest BCUT2D eigenvalue weighted by Gasteiger charge is 2.15. The zero-order valence-electron chi connectivity index (χ0n) is 17.7. The molecule has 2 heterocycles. The molecule has 2 N–H and O–H groups in total. The highest BCUT2D eigenvalue weighted by molar-refractivity contribution is 5.33. The van der Waals surface area contributed by atoms with Gasteiger partial charge in [-0.3, -0.25) is 0 Å². The summed E-state index contributed by atoms with van der Waals surface area (Å²) < 4.78 is 5.95. The first-order valence-corrected chi connectivity index (χ1v) is 10.7. The second-order valence-electron chi connectivity index (χ2n) is 7.93. The Morgan fingerprint density at radius 2 is 1.83 bits per heavy atom. The minimum Gasteiger partial charge on any atom is -0.491 e. The number of ether oxygens (including phenoxy) is 1. The number of hydrogen-bond donors (Lipinski definition) is 2. The van der Waals surface area contributed by atoms with Gasteiger partial charge in [-0.2, -0.15) is 0 Å². The Kier molecular flexibility index (Phi) is 8.40. The molecule has 29 heavy (non-hydrogen) atoms. The van der Waals surface area contributed by atoms with Gasteiger partial charge < -0.3 is 20.1 Å². The SMILES string of the molecule is Cc1cc(C)nc(CCNCc2ccccc2OC[C@@H](O)CN2CCCCC2)n1. The van der Waals surface area contributed by atoms with E-state index in [9.17, 15) is 5.11 Å². The maximum Gasteiger partial charge on any atom is 0.130 e. The third-order valence-corrected chi connectivity index (χ3v) is 5.19. The molecule has 0 unspecified atom stereocenters. The van der Waals surface area contributed by atoms with Crippen molar-refractivity contribution in [1.82, 2.24) is 20.2 Å². The summed E-state index contributed by atoms with van der Waals surface area (Å²) in [6.45, 7) is 8.69. The van der Waals surface area contributed by atoms with Crippen LogP contribution >= 0.6 is 0 Å². The Balaban J connectivity index is 1.43. The highest BCUT2D eigenvalue weighted by atomic mass is 16.5. The first-order valence-electron chi connectivity index (χ1n) is 10.7. The van der Waals surface area contributed by atoms with E-state index in [0.29, 0.717) is 19.7 Å². The van der Waals surface area contributed by atoms with Crippen molar-refractivity contribution in [1.29, 1.82) is 0 Å². The third kappa shape index (κ3) is 7.38. The first kappa shape index (κ1) is 21.7. The molecule has 1 fully saturated rings. The molecule has 1 saturated heterocycles. The Labute approximate surface area is 174 Å². The fourth-order valence-electron chi connectivity index (χ4n) is 3.80. The van der Waals surface area contributed by atoms with E-state index in [4.69, 9.17) is 4.74 Å². The van der Waals surface area contributed by atoms with Gasteiger partial charge in [-0.05, 0) is 51.9 Å². The van der Waals surface area contributed by atoms with Gasteiger partial charge in [-0.25, -0.2) is 9.97 Å². The molecule has 0 spiro atoms. The Morgan fingerprint density at radius 3 is 2.59 bits per heavy atom. The maximum atomic E-state index is 10.3. The standard InChI is InChI=1S/C23H34N4O2/c1-18-14-19(2)26-23(25-18)10-11-24-15-20-8-4-5-9-22(20)29-17-21(28)16-27-12-6-3-7-13-27/h4-5,8-9,14,21,24,28H,3,6-7,10-13,15-17H2,1-2H3/t21-/m0/s1. The summed E-state index contributed by atoms with van der Waals surface area (Å²) in [5, 5.41) is 13.8. The van der Waals surface area contributed by atoms with Crippen molar-refractivity contribution >= 4 is 0 Å². The molecule has 6 heteroatoms. The van der Waals surface area contributed by atoms with Crippen molar-refractivity contribution in [3.05, 3.63) is 53.1 Å². The van der Waals surface area contributed by atoms with Crippen LogP contribution in [0, 0.1) is 13.8 Å². The minimum absolute atomic E-state index is 0.323. The Bertz CT molecular complexity index is 742. The fourth-order valence-corrected chi connectivity index (χ4v) is 3.80. The van der Waals surface area contributed by atoms with Crippen molar-refractivity contribution in [2.45, 2.75) is 52.2 Å². The quantitative estimate of drug-likeness (QED) is 0.600. The molecule has 6 nitrogen and oxygen atoms in total. The Morgan fingerprint density at radius 1 is 1.10 bits per heavy atom. The summed E-state index contributed by atoms with van der Waals surface area (Å²) in [5.41, 5.74) is 3.11. The lowest BCUT2D eigenvalue weighted by atomic mass is 10.1. The molecular weight excluding hydrogens is 364 g/mol. The molecule has 1 aliphatic heterocycles. The maximum absolute atomic E-state index is 10.3. The van der Waals surface area contributed by atoms with E-state index in [1.165, 1.54) is 19.3 Å². The van der Waals surface area contributed by atoms with Crippen LogP contribution < -0.4 is 10.1 Å².